The van der Waals surface area contributed by atoms with Crippen molar-refractivity contribution >= 4 is 0 Å². The van der Waals surface area contributed by atoms with Gasteiger partial charge in [-0.05, 0) is 31.5 Å². The Hall–Kier alpha value is -1.26. The van der Waals surface area contributed by atoms with E-state index in [9.17, 15) is 5.11 Å². The van der Waals surface area contributed by atoms with Crippen molar-refractivity contribution in [2.75, 3.05) is 13.7 Å². The van der Waals surface area contributed by atoms with E-state index >= 15 is 0 Å². The van der Waals surface area contributed by atoms with Crippen molar-refractivity contribution < 1.29 is 19.7 Å². The molecule has 0 amide bonds. The molecule has 0 saturated carbocycles. The average Bonchev–Trinajstić information content (AvgIpc) is 2.28. The summed E-state index contributed by atoms with van der Waals surface area (Å²) in [5, 5.41) is 18.6. The highest BCUT2D eigenvalue weighted by Crippen LogP contribution is 2.30. The maximum atomic E-state index is 9.45. The normalized spacial score (nSPS) is 14.2. The largest absolute Gasteiger partial charge is 0.493 e. The SMILES string of the molecule is COc1cc(C(C)O)ccc1OCCC(C)O. The van der Waals surface area contributed by atoms with Gasteiger partial charge in [-0.3, -0.25) is 0 Å². The van der Waals surface area contributed by atoms with Crippen LogP contribution in [0, 0.1) is 0 Å². The Bertz CT molecular complexity index is 347. The Labute approximate surface area is 102 Å². The van der Waals surface area contributed by atoms with Gasteiger partial charge >= 0.3 is 0 Å². The summed E-state index contributed by atoms with van der Waals surface area (Å²) in [5.41, 5.74) is 0.782. The lowest BCUT2D eigenvalue weighted by Crippen LogP contribution is -2.08. The van der Waals surface area contributed by atoms with Gasteiger partial charge in [0.15, 0.2) is 11.5 Å². The molecule has 0 bridgehead atoms. The first-order valence-electron chi connectivity index (χ1n) is 5.71. The summed E-state index contributed by atoms with van der Waals surface area (Å²) in [4.78, 5) is 0. The molecule has 2 N–H and O–H groups in total. The van der Waals surface area contributed by atoms with Crippen LogP contribution in [0.25, 0.3) is 0 Å². The molecule has 0 saturated heterocycles. The van der Waals surface area contributed by atoms with Crippen LogP contribution in [0.3, 0.4) is 0 Å². The molecule has 0 heterocycles. The monoisotopic (exact) mass is 240 g/mol. The molecule has 0 spiro atoms. The van der Waals surface area contributed by atoms with Crippen LogP contribution in [-0.4, -0.2) is 30.0 Å². The van der Waals surface area contributed by atoms with Gasteiger partial charge in [-0.25, -0.2) is 0 Å². The molecule has 2 unspecified atom stereocenters. The molecular formula is C13H20O4. The first-order chi connectivity index (χ1) is 8.04. The highest BCUT2D eigenvalue weighted by atomic mass is 16.5. The molecule has 0 aliphatic heterocycles. The topological polar surface area (TPSA) is 58.9 Å². The van der Waals surface area contributed by atoms with E-state index in [1.54, 1.807) is 39.2 Å². The lowest BCUT2D eigenvalue weighted by molar-refractivity contribution is 0.154. The first-order valence-corrected chi connectivity index (χ1v) is 5.71. The summed E-state index contributed by atoms with van der Waals surface area (Å²) in [6.07, 6.45) is -0.338. The van der Waals surface area contributed by atoms with Gasteiger partial charge in [-0.15, -0.1) is 0 Å². The van der Waals surface area contributed by atoms with E-state index in [-0.39, 0.29) is 6.10 Å². The number of benzene rings is 1. The number of hydrogen-bond acceptors (Lipinski definition) is 4. The maximum absolute atomic E-state index is 9.45. The molecule has 0 fully saturated rings. The van der Waals surface area contributed by atoms with Gasteiger partial charge in [0.05, 0.1) is 25.9 Å². The number of aliphatic hydroxyl groups is 2. The van der Waals surface area contributed by atoms with Crippen molar-refractivity contribution in [2.24, 2.45) is 0 Å². The average molecular weight is 240 g/mol. The highest BCUT2D eigenvalue weighted by Gasteiger charge is 2.09. The van der Waals surface area contributed by atoms with Crippen molar-refractivity contribution in [3.8, 4) is 11.5 Å². The number of rotatable bonds is 6. The van der Waals surface area contributed by atoms with Crippen LogP contribution < -0.4 is 9.47 Å². The fraction of sp³-hybridized carbons (Fsp3) is 0.538. The minimum atomic E-state index is -0.532. The van der Waals surface area contributed by atoms with E-state index in [0.29, 0.717) is 24.5 Å². The highest BCUT2D eigenvalue weighted by molar-refractivity contribution is 5.43. The second kappa shape index (κ2) is 6.47. The van der Waals surface area contributed by atoms with E-state index < -0.39 is 6.10 Å². The molecule has 2 atom stereocenters. The summed E-state index contributed by atoms with van der Waals surface area (Å²) in [6.45, 7) is 3.85. The summed E-state index contributed by atoms with van der Waals surface area (Å²) >= 11 is 0. The van der Waals surface area contributed by atoms with Crippen molar-refractivity contribution in [1.29, 1.82) is 0 Å². The van der Waals surface area contributed by atoms with E-state index in [2.05, 4.69) is 0 Å². The maximum Gasteiger partial charge on any atom is 0.161 e. The van der Waals surface area contributed by atoms with Gasteiger partial charge in [0.1, 0.15) is 0 Å². The van der Waals surface area contributed by atoms with E-state index in [1.807, 2.05) is 0 Å². The first kappa shape index (κ1) is 13.8. The molecule has 0 aliphatic rings. The van der Waals surface area contributed by atoms with E-state index in [0.717, 1.165) is 5.56 Å². The predicted octanol–water partition coefficient (Wildman–Crippen LogP) is 1.90. The molecule has 96 valence electrons. The van der Waals surface area contributed by atoms with Crippen LogP contribution in [-0.2, 0) is 0 Å². The van der Waals surface area contributed by atoms with Crippen molar-refractivity contribution in [3.63, 3.8) is 0 Å². The standard InChI is InChI=1S/C13H20O4/c1-9(14)6-7-17-12-5-4-11(10(2)15)8-13(12)16-3/h4-5,8-10,14-15H,6-7H2,1-3H3. The van der Waals surface area contributed by atoms with Crippen LogP contribution in [0.5, 0.6) is 11.5 Å². The minimum Gasteiger partial charge on any atom is -0.493 e. The summed E-state index contributed by atoms with van der Waals surface area (Å²) in [7, 11) is 1.56. The van der Waals surface area contributed by atoms with E-state index in [4.69, 9.17) is 14.6 Å². The predicted molar refractivity (Wildman–Crippen MR) is 65.4 cm³/mol. The van der Waals surface area contributed by atoms with Crippen LogP contribution in [0.15, 0.2) is 18.2 Å². The lowest BCUT2D eigenvalue weighted by Gasteiger charge is -2.13. The zero-order valence-electron chi connectivity index (χ0n) is 10.5. The summed E-state index contributed by atoms with van der Waals surface area (Å²) in [5.74, 6) is 1.21. The van der Waals surface area contributed by atoms with Gasteiger partial charge in [-0.2, -0.15) is 0 Å². The van der Waals surface area contributed by atoms with Gasteiger partial charge in [0.25, 0.3) is 0 Å². The van der Waals surface area contributed by atoms with Crippen LogP contribution in [0.1, 0.15) is 31.9 Å². The van der Waals surface area contributed by atoms with Gasteiger partial charge in [0, 0.05) is 6.42 Å². The number of methoxy groups -OCH3 is 1. The molecule has 0 aromatic heterocycles. The molecular weight excluding hydrogens is 220 g/mol. The quantitative estimate of drug-likeness (QED) is 0.797. The molecule has 0 aliphatic carbocycles. The Morgan fingerprint density at radius 3 is 2.41 bits per heavy atom. The van der Waals surface area contributed by atoms with Crippen molar-refractivity contribution in [3.05, 3.63) is 23.8 Å². The van der Waals surface area contributed by atoms with Gasteiger partial charge < -0.3 is 19.7 Å². The molecule has 4 heteroatoms. The molecule has 1 aromatic rings. The van der Waals surface area contributed by atoms with Crippen LogP contribution in [0.2, 0.25) is 0 Å². The molecule has 0 radical (unpaired) electrons. The molecule has 17 heavy (non-hydrogen) atoms. The molecule has 1 rings (SSSR count). The zero-order chi connectivity index (χ0) is 12.8. The van der Waals surface area contributed by atoms with E-state index in [1.165, 1.54) is 0 Å². The second-order valence-electron chi connectivity index (χ2n) is 4.07. The smallest absolute Gasteiger partial charge is 0.161 e. The van der Waals surface area contributed by atoms with Crippen LogP contribution in [0.4, 0.5) is 0 Å². The molecule has 4 nitrogen and oxygen atoms in total. The van der Waals surface area contributed by atoms with Gasteiger partial charge in [-0.1, -0.05) is 6.07 Å². The fourth-order valence-corrected chi connectivity index (χ4v) is 1.40. The van der Waals surface area contributed by atoms with Crippen molar-refractivity contribution in [2.45, 2.75) is 32.5 Å². The molecule has 1 aromatic carbocycles. The van der Waals surface area contributed by atoms with Crippen LogP contribution >= 0.6 is 0 Å². The Balaban J connectivity index is 2.71. The number of ether oxygens (including phenoxy) is 2. The minimum absolute atomic E-state index is 0.377. The zero-order valence-corrected chi connectivity index (χ0v) is 10.5. The third kappa shape index (κ3) is 4.24. The second-order valence-corrected chi connectivity index (χ2v) is 4.07. The Morgan fingerprint density at radius 1 is 1.18 bits per heavy atom. The van der Waals surface area contributed by atoms with Crippen molar-refractivity contribution in [1.82, 2.24) is 0 Å². The summed E-state index contributed by atoms with van der Waals surface area (Å²) in [6, 6.07) is 5.32. The van der Waals surface area contributed by atoms with Gasteiger partial charge in [0.2, 0.25) is 0 Å². The fourth-order valence-electron chi connectivity index (χ4n) is 1.40. The Morgan fingerprint density at radius 2 is 1.88 bits per heavy atom. The summed E-state index contributed by atoms with van der Waals surface area (Å²) < 4.78 is 10.7. The third-order valence-electron chi connectivity index (χ3n) is 2.46. The number of hydrogen-bond donors (Lipinski definition) is 2. The lowest BCUT2D eigenvalue weighted by atomic mass is 10.1. The Kier molecular flexibility index (Phi) is 5.25. The third-order valence-corrected chi connectivity index (χ3v) is 2.46. The number of aliphatic hydroxyl groups excluding tert-OH is 2.